The van der Waals surface area contributed by atoms with Gasteiger partial charge in [0.2, 0.25) is 0 Å². The summed E-state index contributed by atoms with van der Waals surface area (Å²) in [7, 11) is 2.26. The Labute approximate surface area is 87.8 Å². The Bertz CT molecular complexity index is 171. The smallest absolute Gasteiger partial charge is 0.0196 e. The summed E-state index contributed by atoms with van der Waals surface area (Å²) in [6.45, 7) is 1.12. The molecule has 1 unspecified atom stereocenters. The van der Waals surface area contributed by atoms with Crippen molar-refractivity contribution in [1.29, 1.82) is 0 Å². The van der Waals surface area contributed by atoms with Gasteiger partial charge in [-0.2, -0.15) is 0 Å². The van der Waals surface area contributed by atoms with Gasteiger partial charge in [-0.1, -0.05) is 19.3 Å². The molecule has 0 amide bonds. The summed E-state index contributed by atoms with van der Waals surface area (Å²) in [5.41, 5.74) is 6.14. The van der Waals surface area contributed by atoms with Crippen LogP contribution in [0.5, 0.6) is 0 Å². The van der Waals surface area contributed by atoms with E-state index in [-0.39, 0.29) is 0 Å². The summed E-state index contributed by atoms with van der Waals surface area (Å²) in [5.74, 6) is 0.848. The number of nitrogens with zero attached hydrogens (tertiary/aromatic N) is 1. The van der Waals surface area contributed by atoms with E-state index in [0.717, 1.165) is 18.5 Å². The van der Waals surface area contributed by atoms with Gasteiger partial charge < -0.3 is 10.6 Å². The maximum atomic E-state index is 6.14. The Balaban J connectivity index is 1.72. The maximum absolute atomic E-state index is 6.14. The zero-order chi connectivity index (χ0) is 9.97. The van der Waals surface area contributed by atoms with Crippen LogP contribution in [0.15, 0.2) is 0 Å². The highest BCUT2D eigenvalue weighted by Crippen LogP contribution is 2.32. The Hall–Kier alpha value is -0.0800. The van der Waals surface area contributed by atoms with Gasteiger partial charge >= 0.3 is 0 Å². The molecule has 0 aromatic rings. The third-order valence-corrected chi connectivity index (χ3v) is 3.92. The fourth-order valence-electron chi connectivity index (χ4n) is 2.68. The first-order valence-corrected chi connectivity index (χ1v) is 6.23. The van der Waals surface area contributed by atoms with Crippen molar-refractivity contribution in [2.75, 3.05) is 13.6 Å². The number of hydrogen-bond acceptors (Lipinski definition) is 2. The molecule has 1 atom stereocenters. The number of rotatable bonds is 4. The molecule has 0 spiro atoms. The number of hydrogen-bond donors (Lipinski definition) is 1. The van der Waals surface area contributed by atoms with Crippen molar-refractivity contribution in [3.63, 3.8) is 0 Å². The molecule has 2 nitrogen and oxygen atoms in total. The molecule has 0 aromatic heterocycles. The van der Waals surface area contributed by atoms with Gasteiger partial charge in [0.1, 0.15) is 0 Å². The molecule has 2 aliphatic rings. The van der Waals surface area contributed by atoms with E-state index in [9.17, 15) is 0 Å². The van der Waals surface area contributed by atoms with E-state index >= 15 is 0 Å². The molecular weight excluding hydrogens is 172 g/mol. The van der Waals surface area contributed by atoms with Crippen molar-refractivity contribution in [3.05, 3.63) is 0 Å². The van der Waals surface area contributed by atoms with Gasteiger partial charge in [0.05, 0.1) is 0 Å². The lowest BCUT2D eigenvalue weighted by Gasteiger charge is -2.32. The van der Waals surface area contributed by atoms with E-state index in [4.69, 9.17) is 5.73 Å². The molecule has 82 valence electrons. The minimum Gasteiger partial charge on any atom is -0.326 e. The monoisotopic (exact) mass is 196 g/mol. The van der Waals surface area contributed by atoms with E-state index in [1.165, 1.54) is 44.9 Å². The fourth-order valence-corrected chi connectivity index (χ4v) is 2.68. The first kappa shape index (κ1) is 10.4. The molecule has 0 aliphatic heterocycles. The first-order valence-electron chi connectivity index (χ1n) is 6.23. The Morgan fingerprint density at radius 3 is 2.36 bits per heavy atom. The van der Waals surface area contributed by atoms with Gasteiger partial charge in [0.15, 0.2) is 0 Å². The van der Waals surface area contributed by atoms with Crippen molar-refractivity contribution in [2.24, 2.45) is 11.7 Å². The van der Waals surface area contributed by atoms with Crippen LogP contribution in [0.3, 0.4) is 0 Å². The van der Waals surface area contributed by atoms with Crippen molar-refractivity contribution >= 4 is 0 Å². The molecule has 2 heteroatoms. The van der Waals surface area contributed by atoms with Crippen LogP contribution >= 0.6 is 0 Å². The summed E-state index contributed by atoms with van der Waals surface area (Å²) in [4.78, 5) is 2.52. The second kappa shape index (κ2) is 4.63. The quantitative estimate of drug-likeness (QED) is 0.745. The molecule has 0 saturated heterocycles. The molecule has 2 N–H and O–H groups in total. The minimum atomic E-state index is 0.446. The third kappa shape index (κ3) is 2.71. The molecule has 2 aliphatic carbocycles. The largest absolute Gasteiger partial charge is 0.326 e. The number of likely N-dealkylation sites (N-methyl/N-ethyl adjacent to an activating group) is 1. The minimum absolute atomic E-state index is 0.446. The van der Waals surface area contributed by atoms with Crippen LogP contribution in [0, 0.1) is 5.92 Å². The molecule has 14 heavy (non-hydrogen) atoms. The van der Waals surface area contributed by atoms with Crippen LogP contribution in [-0.4, -0.2) is 30.6 Å². The molecule has 2 saturated carbocycles. The van der Waals surface area contributed by atoms with Crippen molar-refractivity contribution < 1.29 is 0 Å². The van der Waals surface area contributed by atoms with Crippen LogP contribution in [0.25, 0.3) is 0 Å². The lowest BCUT2D eigenvalue weighted by atomic mass is 9.94. The second-order valence-electron chi connectivity index (χ2n) is 5.23. The Morgan fingerprint density at radius 2 is 1.79 bits per heavy atom. The fraction of sp³-hybridized carbons (Fsp3) is 1.00. The SMILES string of the molecule is CN(CC(N)C1CC1)C1CCCCC1. The van der Waals surface area contributed by atoms with E-state index < -0.39 is 0 Å². The molecule has 0 heterocycles. The summed E-state index contributed by atoms with van der Waals surface area (Å²) < 4.78 is 0. The van der Waals surface area contributed by atoms with Crippen LogP contribution in [0.1, 0.15) is 44.9 Å². The van der Waals surface area contributed by atoms with E-state index in [1.54, 1.807) is 0 Å². The summed E-state index contributed by atoms with van der Waals surface area (Å²) in [6.07, 6.45) is 9.83. The summed E-state index contributed by atoms with van der Waals surface area (Å²) in [6, 6.07) is 1.27. The average molecular weight is 196 g/mol. The molecular formula is C12H24N2. The van der Waals surface area contributed by atoms with Gasteiger partial charge in [0.25, 0.3) is 0 Å². The first-order chi connectivity index (χ1) is 6.77. The van der Waals surface area contributed by atoms with Gasteiger partial charge in [-0.3, -0.25) is 0 Å². The molecule has 2 rings (SSSR count). The molecule has 2 fully saturated rings. The standard InChI is InChI=1S/C12H24N2/c1-14(9-12(13)10-7-8-10)11-5-3-2-4-6-11/h10-12H,2-9,13H2,1H3. The highest BCUT2D eigenvalue weighted by molar-refractivity contribution is 4.87. The van der Waals surface area contributed by atoms with Gasteiger partial charge in [-0.25, -0.2) is 0 Å². The zero-order valence-electron chi connectivity index (χ0n) is 9.41. The molecule has 0 aromatic carbocycles. The van der Waals surface area contributed by atoms with Crippen molar-refractivity contribution in [2.45, 2.75) is 57.0 Å². The maximum Gasteiger partial charge on any atom is 0.0196 e. The number of nitrogens with two attached hydrogens (primary N) is 1. The highest BCUT2D eigenvalue weighted by Gasteiger charge is 2.30. The average Bonchev–Trinajstić information content (AvgIpc) is 3.02. The Kier molecular flexibility index (Phi) is 3.45. The lowest BCUT2D eigenvalue weighted by molar-refractivity contribution is 0.178. The van der Waals surface area contributed by atoms with E-state index in [0.29, 0.717) is 6.04 Å². The van der Waals surface area contributed by atoms with Crippen LogP contribution in [0.4, 0.5) is 0 Å². The van der Waals surface area contributed by atoms with Crippen LogP contribution in [0.2, 0.25) is 0 Å². The van der Waals surface area contributed by atoms with Gasteiger partial charge in [-0.05, 0) is 38.6 Å². The summed E-state index contributed by atoms with van der Waals surface area (Å²) >= 11 is 0. The Morgan fingerprint density at radius 1 is 1.14 bits per heavy atom. The van der Waals surface area contributed by atoms with Gasteiger partial charge in [-0.15, -0.1) is 0 Å². The topological polar surface area (TPSA) is 29.3 Å². The van der Waals surface area contributed by atoms with Gasteiger partial charge in [0, 0.05) is 18.6 Å². The highest BCUT2D eigenvalue weighted by atomic mass is 15.1. The molecule has 0 bridgehead atoms. The van der Waals surface area contributed by atoms with Crippen molar-refractivity contribution in [3.8, 4) is 0 Å². The second-order valence-corrected chi connectivity index (χ2v) is 5.23. The normalized spacial score (nSPS) is 26.8. The van der Waals surface area contributed by atoms with E-state index in [1.807, 2.05) is 0 Å². The van der Waals surface area contributed by atoms with Crippen LogP contribution < -0.4 is 5.73 Å². The molecule has 0 radical (unpaired) electrons. The van der Waals surface area contributed by atoms with E-state index in [2.05, 4.69) is 11.9 Å². The summed E-state index contributed by atoms with van der Waals surface area (Å²) in [5, 5.41) is 0. The third-order valence-electron chi connectivity index (χ3n) is 3.92. The predicted molar refractivity (Wildman–Crippen MR) is 60.2 cm³/mol. The van der Waals surface area contributed by atoms with Crippen molar-refractivity contribution in [1.82, 2.24) is 4.90 Å². The predicted octanol–water partition coefficient (Wildman–Crippen LogP) is 1.99. The lowest BCUT2D eigenvalue weighted by Crippen LogP contribution is -2.42. The zero-order valence-corrected chi connectivity index (χ0v) is 9.41. The van der Waals surface area contributed by atoms with Crippen LogP contribution in [-0.2, 0) is 0 Å².